The maximum Gasteiger partial charge on any atom is 0.355 e. The largest absolute Gasteiger partial charge is 0.476 e. The van der Waals surface area contributed by atoms with E-state index >= 15 is 0 Å². The van der Waals surface area contributed by atoms with E-state index in [1.165, 1.54) is 31.5 Å². The van der Waals surface area contributed by atoms with Gasteiger partial charge in [-0.3, -0.25) is 14.5 Å². The van der Waals surface area contributed by atoms with Crippen molar-refractivity contribution in [3.63, 3.8) is 0 Å². The van der Waals surface area contributed by atoms with Crippen molar-refractivity contribution in [3.8, 4) is 17.0 Å². The van der Waals surface area contributed by atoms with Gasteiger partial charge in [0.1, 0.15) is 5.69 Å². The van der Waals surface area contributed by atoms with Gasteiger partial charge in [-0.05, 0) is 69.0 Å². The SMILES string of the molecule is CN1C(=O)C2(CCC2)c2c1cnc1ccc(-c3cnc(OCCCN4CCCCC4)c(NS(=O)(=O)C(F)F)c3)cc21. The Balaban J connectivity index is 1.32. The van der Waals surface area contributed by atoms with Crippen LogP contribution in [0.3, 0.4) is 0 Å². The minimum atomic E-state index is -4.95. The van der Waals surface area contributed by atoms with Crippen molar-refractivity contribution >= 4 is 38.2 Å². The van der Waals surface area contributed by atoms with E-state index in [4.69, 9.17) is 4.74 Å². The summed E-state index contributed by atoms with van der Waals surface area (Å²) < 4.78 is 58.6. The quantitative estimate of drug-likeness (QED) is 0.356. The number of alkyl halides is 2. The predicted molar refractivity (Wildman–Crippen MR) is 153 cm³/mol. The number of hydrogen-bond donors (Lipinski definition) is 1. The van der Waals surface area contributed by atoms with Crippen LogP contribution in [-0.2, 0) is 20.2 Å². The van der Waals surface area contributed by atoms with E-state index < -0.39 is 21.2 Å². The molecule has 1 spiro atoms. The van der Waals surface area contributed by atoms with Crippen molar-refractivity contribution in [2.24, 2.45) is 0 Å². The molecule has 1 saturated heterocycles. The molecule has 218 valence electrons. The lowest BCUT2D eigenvalue weighted by Crippen LogP contribution is -2.43. The molecule has 1 aliphatic carbocycles. The predicted octanol–water partition coefficient (Wildman–Crippen LogP) is 4.91. The van der Waals surface area contributed by atoms with Crippen molar-refractivity contribution in [1.82, 2.24) is 14.9 Å². The lowest BCUT2D eigenvalue weighted by Gasteiger charge is -2.37. The van der Waals surface area contributed by atoms with Crippen molar-refractivity contribution in [2.75, 3.05) is 42.9 Å². The number of pyridine rings is 2. The molecular formula is C29H33F2N5O4S. The Kier molecular flexibility index (Phi) is 7.31. The van der Waals surface area contributed by atoms with Crippen molar-refractivity contribution < 1.29 is 26.7 Å². The van der Waals surface area contributed by atoms with Crippen LogP contribution in [0, 0.1) is 0 Å². The van der Waals surface area contributed by atoms with E-state index in [-0.39, 0.29) is 24.1 Å². The molecule has 1 aromatic carbocycles. The summed E-state index contributed by atoms with van der Waals surface area (Å²) in [7, 11) is -3.19. The summed E-state index contributed by atoms with van der Waals surface area (Å²) in [5.74, 6) is -3.59. The molecule has 1 saturated carbocycles. The molecule has 1 amide bonds. The number of halogens is 2. The molecule has 3 aliphatic rings. The number of carbonyl (C=O) groups excluding carboxylic acids is 1. The molecule has 2 aromatic heterocycles. The number of nitrogens with one attached hydrogen (secondary N) is 1. The number of nitrogens with zero attached hydrogens (tertiary/aromatic N) is 4. The molecule has 0 radical (unpaired) electrons. The molecule has 12 heteroatoms. The number of aromatic nitrogens is 2. The summed E-state index contributed by atoms with van der Waals surface area (Å²) in [4.78, 5) is 26.1. The average Bonchev–Trinajstić information content (AvgIpc) is 3.18. The highest BCUT2D eigenvalue weighted by Gasteiger charge is 2.54. The molecule has 0 bridgehead atoms. The normalized spacial score (nSPS) is 18.6. The van der Waals surface area contributed by atoms with Crippen LogP contribution in [0.2, 0.25) is 0 Å². The Morgan fingerprint density at radius 3 is 2.54 bits per heavy atom. The van der Waals surface area contributed by atoms with Gasteiger partial charge in [0.15, 0.2) is 0 Å². The van der Waals surface area contributed by atoms with Crippen LogP contribution in [0.1, 0.15) is 50.5 Å². The van der Waals surface area contributed by atoms with Gasteiger partial charge in [0.2, 0.25) is 11.8 Å². The van der Waals surface area contributed by atoms with Gasteiger partial charge in [-0.2, -0.15) is 8.78 Å². The zero-order valence-electron chi connectivity index (χ0n) is 22.9. The van der Waals surface area contributed by atoms with Gasteiger partial charge in [0.05, 0.1) is 29.4 Å². The van der Waals surface area contributed by atoms with Crippen LogP contribution >= 0.6 is 0 Å². The van der Waals surface area contributed by atoms with Gasteiger partial charge in [-0.15, -0.1) is 0 Å². The van der Waals surface area contributed by atoms with Crippen molar-refractivity contribution in [2.45, 2.75) is 56.1 Å². The highest BCUT2D eigenvalue weighted by Crippen LogP contribution is 2.55. The molecule has 4 heterocycles. The summed E-state index contributed by atoms with van der Waals surface area (Å²) in [5.41, 5.74) is 2.99. The summed E-state index contributed by atoms with van der Waals surface area (Å²) in [6.07, 6.45) is 10.1. The standard InChI is InChI=1S/C29H33F2N5O4S/c1-35-24-18-32-22-8-7-19(15-21(22)25(24)29(27(35)37)9-5-10-29)20-16-23(34-41(38,39)28(30)31)26(33-17-20)40-14-6-13-36-11-3-2-4-12-36/h7-8,15-18,28,34H,2-6,9-14H2,1H3. The number of carbonyl (C=O) groups is 1. The summed E-state index contributed by atoms with van der Waals surface area (Å²) in [6, 6.07) is 7.03. The first-order valence-electron chi connectivity index (χ1n) is 14.1. The molecule has 41 heavy (non-hydrogen) atoms. The number of rotatable bonds is 9. The van der Waals surface area contributed by atoms with Crippen LogP contribution in [0.25, 0.3) is 22.0 Å². The highest BCUT2D eigenvalue weighted by atomic mass is 32.2. The zero-order valence-corrected chi connectivity index (χ0v) is 23.7. The van der Waals surface area contributed by atoms with E-state index in [1.54, 1.807) is 18.1 Å². The van der Waals surface area contributed by atoms with Crippen LogP contribution in [0.5, 0.6) is 5.88 Å². The second kappa shape index (κ2) is 10.8. The number of fused-ring (bicyclic) bond motifs is 4. The van der Waals surface area contributed by atoms with E-state index in [9.17, 15) is 22.0 Å². The Bertz CT molecular complexity index is 1590. The number of amides is 1. The van der Waals surface area contributed by atoms with Crippen LogP contribution in [-0.4, -0.2) is 68.2 Å². The molecule has 9 nitrogen and oxygen atoms in total. The maximum absolute atomic E-state index is 13.3. The van der Waals surface area contributed by atoms with E-state index in [2.05, 4.69) is 14.9 Å². The second-order valence-electron chi connectivity index (χ2n) is 11.1. The summed E-state index contributed by atoms with van der Waals surface area (Å²) in [6.45, 7) is 3.19. The third-order valence-corrected chi connectivity index (χ3v) is 9.56. The third kappa shape index (κ3) is 5.01. The zero-order chi connectivity index (χ0) is 28.8. The van der Waals surface area contributed by atoms with Crippen LogP contribution < -0.4 is 14.4 Å². The van der Waals surface area contributed by atoms with Gasteiger partial charge >= 0.3 is 5.76 Å². The first-order valence-corrected chi connectivity index (χ1v) is 15.6. The number of hydrogen-bond acceptors (Lipinski definition) is 7. The number of piperidine rings is 1. The maximum atomic E-state index is 13.3. The van der Waals surface area contributed by atoms with Crippen molar-refractivity contribution in [1.29, 1.82) is 0 Å². The topological polar surface area (TPSA) is 105 Å². The number of likely N-dealkylation sites (N-methyl/N-ethyl adjacent to an activating group) is 1. The molecule has 1 N–H and O–H groups in total. The fraction of sp³-hybridized carbons (Fsp3) is 0.483. The monoisotopic (exact) mass is 585 g/mol. The molecule has 0 atom stereocenters. The Morgan fingerprint density at radius 2 is 1.83 bits per heavy atom. The van der Waals surface area contributed by atoms with Gasteiger partial charge in [-0.1, -0.05) is 18.9 Å². The third-order valence-electron chi connectivity index (χ3n) is 8.59. The second-order valence-corrected chi connectivity index (χ2v) is 12.8. The minimum absolute atomic E-state index is 0.0550. The molecule has 2 aliphatic heterocycles. The Labute approximate surface area is 238 Å². The van der Waals surface area contributed by atoms with Crippen LogP contribution in [0.15, 0.2) is 36.7 Å². The molecule has 6 rings (SSSR count). The number of benzene rings is 1. The number of anilines is 2. The molecular weight excluding hydrogens is 552 g/mol. The fourth-order valence-electron chi connectivity index (χ4n) is 6.29. The van der Waals surface area contributed by atoms with E-state index in [0.717, 1.165) is 61.1 Å². The number of sulfonamides is 1. The van der Waals surface area contributed by atoms with Crippen molar-refractivity contribution in [3.05, 3.63) is 42.2 Å². The summed E-state index contributed by atoms with van der Waals surface area (Å²) in [5, 5.41) is 0.838. The Morgan fingerprint density at radius 1 is 1.05 bits per heavy atom. The summed E-state index contributed by atoms with van der Waals surface area (Å²) >= 11 is 0. The smallest absolute Gasteiger partial charge is 0.355 e. The fourth-order valence-corrected chi connectivity index (χ4v) is 6.83. The lowest BCUT2D eigenvalue weighted by atomic mass is 9.64. The van der Waals surface area contributed by atoms with Gasteiger partial charge in [0, 0.05) is 36.3 Å². The van der Waals surface area contributed by atoms with Gasteiger partial charge in [-0.25, -0.2) is 13.4 Å². The van der Waals surface area contributed by atoms with Gasteiger partial charge < -0.3 is 14.5 Å². The molecule has 3 aromatic rings. The van der Waals surface area contributed by atoms with Crippen LogP contribution in [0.4, 0.5) is 20.2 Å². The number of likely N-dealkylation sites (tertiary alicyclic amines) is 1. The molecule has 2 fully saturated rings. The molecule has 0 unspecified atom stereocenters. The van der Waals surface area contributed by atoms with E-state index in [1.807, 2.05) is 22.9 Å². The van der Waals surface area contributed by atoms with Gasteiger partial charge in [0.25, 0.3) is 10.0 Å². The van der Waals surface area contributed by atoms with E-state index in [0.29, 0.717) is 17.5 Å². The minimum Gasteiger partial charge on any atom is -0.476 e. The average molecular weight is 586 g/mol. The highest BCUT2D eigenvalue weighted by molar-refractivity contribution is 7.93. The first kappa shape index (κ1) is 27.8. The first-order chi connectivity index (χ1) is 19.7. The number of ether oxygens (including phenoxy) is 1. The Hall–Kier alpha value is -3.38. The lowest BCUT2D eigenvalue weighted by molar-refractivity contribution is -0.125.